The molecule has 18 heavy (non-hydrogen) atoms. The summed E-state index contributed by atoms with van der Waals surface area (Å²) in [5, 5.41) is 0.446. The van der Waals surface area contributed by atoms with E-state index in [0.717, 1.165) is 11.8 Å². The predicted molar refractivity (Wildman–Crippen MR) is 86.6 cm³/mol. The van der Waals surface area contributed by atoms with Crippen molar-refractivity contribution in [3.63, 3.8) is 0 Å². The highest BCUT2D eigenvalue weighted by atomic mass is 14.7. The molecule has 0 aromatic heterocycles. The molecule has 0 nitrogen and oxygen atoms in total. The molecule has 0 heterocycles. The molecule has 3 atom stereocenters. The van der Waals surface area contributed by atoms with Crippen LogP contribution in [0.1, 0.15) is 67.2 Å². The Balaban J connectivity index is 2.19. The minimum atomic E-state index is 0.412. The van der Waals surface area contributed by atoms with E-state index >= 15 is 0 Å². The van der Waals surface area contributed by atoms with Crippen molar-refractivity contribution < 1.29 is 0 Å². The first-order valence-corrected chi connectivity index (χ1v) is 7.92. The number of rotatable bonds is 2. The van der Waals surface area contributed by atoms with E-state index in [1.165, 1.54) is 25.7 Å². The molecule has 2 rings (SSSR count). The predicted octanol–water partition coefficient (Wildman–Crippen LogP) is 3.27. The Hall–Kier alpha value is 0.130. The van der Waals surface area contributed by atoms with E-state index in [9.17, 15) is 0 Å². The van der Waals surface area contributed by atoms with Crippen molar-refractivity contribution in [2.45, 2.75) is 72.4 Å². The maximum absolute atomic E-state index is 2.59. The number of hydrogen-bond acceptors (Lipinski definition) is 0. The van der Waals surface area contributed by atoms with Crippen molar-refractivity contribution in [3.8, 4) is 0 Å². The van der Waals surface area contributed by atoms with Crippen LogP contribution < -0.4 is 0 Å². The molecular weight excluding hydrogens is 214 g/mol. The summed E-state index contributed by atoms with van der Waals surface area (Å²) >= 11 is 0. The van der Waals surface area contributed by atoms with Crippen LogP contribution in [0.4, 0.5) is 0 Å². The third kappa shape index (κ3) is 1.81. The van der Waals surface area contributed by atoms with Crippen molar-refractivity contribution in [3.05, 3.63) is 0 Å². The molecule has 2 bridgehead atoms. The molecule has 2 heteroatoms. The van der Waals surface area contributed by atoms with Crippen molar-refractivity contribution in [1.82, 2.24) is 0 Å². The highest BCUT2D eigenvalue weighted by Crippen LogP contribution is 2.70. The van der Waals surface area contributed by atoms with E-state index in [2.05, 4.69) is 57.2 Å². The van der Waals surface area contributed by atoms with Crippen molar-refractivity contribution in [2.75, 3.05) is 0 Å². The van der Waals surface area contributed by atoms with Crippen LogP contribution in [0.5, 0.6) is 0 Å². The summed E-state index contributed by atoms with van der Waals surface area (Å²) in [6.45, 7) is 14.9. The van der Waals surface area contributed by atoms with Gasteiger partial charge in [-0.1, -0.05) is 53.2 Å². The Labute approximate surface area is 117 Å². The van der Waals surface area contributed by atoms with Gasteiger partial charge in [0, 0.05) is 0 Å². The monoisotopic (exact) mass is 246 g/mol. The van der Waals surface area contributed by atoms with Crippen molar-refractivity contribution in [2.24, 2.45) is 28.1 Å². The summed E-state index contributed by atoms with van der Waals surface area (Å²) in [5.74, 6) is 1.93. The second-order valence-corrected chi connectivity index (χ2v) is 9.65. The normalized spacial score (nSPS) is 39.2. The topological polar surface area (TPSA) is 0 Å². The Kier molecular flexibility index (Phi) is 3.09. The third-order valence-electron chi connectivity index (χ3n) is 7.76. The van der Waals surface area contributed by atoms with Crippen LogP contribution in [0.2, 0.25) is 5.21 Å². The first-order chi connectivity index (χ1) is 7.92. The maximum Gasteiger partial charge on any atom is 0.0998 e. The van der Waals surface area contributed by atoms with Crippen LogP contribution in [0.15, 0.2) is 0 Å². The van der Waals surface area contributed by atoms with Gasteiger partial charge in [-0.15, -0.1) is 0 Å². The van der Waals surface area contributed by atoms with Crippen LogP contribution >= 0.6 is 0 Å². The molecule has 0 saturated heterocycles. The molecule has 3 unspecified atom stereocenters. The van der Waals surface area contributed by atoms with E-state index in [4.69, 9.17) is 0 Å². The van der Waals surface area contributed by atoms with Gasteiger partial charge < -0.3 is 0 Å². The molecular formula is C16H32B2. The number of hydrogen-bond donors (Lipinski definition) is 0. The largest absolute Gasteiger partial charge is 0.0998 e. The van der Waals surface area contributed by atoms with Crippen LogP contribution in [0, 0.1) is 28.1 Å². The highest BCUT2D eigenvalue weighted by Gasteiger charge is 2.61. The highest BCUT2D eigenvalue weighted by molar-refractivity contribution is 6.40. The zero-order valence-corrected chi connectivity index (χ0v) is 14.0. The Bertz CT molecular complexity index is 337. The first-order valence-electron chi connectivity index (χ1n) is 7.92. The summed E-state index contributed by atoms with van der Waals surface area (Å²) < 4.78 is 0. The third-order valence-corrected chi connectivity index (χ3v) is 7.76. The lowest BCUT2D eigenvalue weighted by Crippen LogP contribution is -2.38. The van der Waals surface area contributed by atoms with Crippen molar-refractivity contribution >= 4 is 15.7 Å². The molecule has 102 valence electrons. The second-order valence-electron chi connectivity index (χ2n) is 9.65. The van der Waals surface area contributed by atoms with Gasteiger partial charge in [0.25, 0.3) is 0 Å². The lowest BCUT2D eigenvalue weighted by atomic mass is 9.40. The van der Waals surface area contributed by atoms with Crippen LogP contribution in [-0.4, -0.2) is 15.7 Å². The lowest BCUT2D eigenvalue weighted by Gasteiger charge is -2.47. The van der Waals surface area contributed by atoms with Gasteiger partial charge in [-0.25, -0.2) is 0 Å². The Morgan fingerprint density at radius 3 is 2.00 bits per heavy atom. The van der Waals surface area contributed by atoms with Gasteiger partial charge in [0.05, 0.1) is 15.7 Å². The molecule has 0 aromatic carbocycles. The minimum absolute atomic E-state index is 0.412. The van der Waals surface area contributed by atoms with Gasteiger partial charge in [-0.2, -0.15) is 0 Å². The molecule has 0 aromatic rings. The summed E-state index contributed by atoms with van der Waals surface area (Å²) in [6, 6.07) is 0. The van der Waals surface area contributed by atoms with Gasteiger partial charge in [-0.05, 0) is 47.3 Å². The molecule has 0 amide bonds. The Morgan fingerprint density at radius 1 is 1.11 bits per heavy atom. The SMILES string of the molecule is BC(B)(CC1CC2CCC1(C)C2(C)C)C(C)(C)C. The van der Waals surface area contributed by atoms with Gasteiger partial charge in [0.2, 0.25) is 0 Å². The Morgan fingerprint density at radius 2 is 1.67 bits per heavy atom. The molecule has 2 fully saturated rings. The summed E-state index contributed by atoms with van der Waals surface area (Å²) in [6.07, 6.45) is 5.85. The lowest BCUT2D eigenvalue weighted by molar-refractivity contribution is 0.0863. The summed E-state index contributed by atoms with van der Waals surface area (Å²) in [5.41, 5.74) is 1.58. The minimum Gasteiger partial charge on any atom is -0.0796 e. The van der Waals surface area contributed by atoms with E-state index < -0.39 is 0 Å². The van der Waals surface area contributed by atoms with Gasteiger partial charge in [0.15, 0.2) is 0 Å². The van der Waals surface area contributed by atoms with Crippen LogP contribution in [0.25, 0.3) is 0 Å². The zero-order chi connectivity index (χ0) is 14.0. The average Bonchev–Trinajstić information content (AvgIpc) is 2.48. The summed E-state index contributed by atoms with van der Waals surface area (Å²) in [4.78, 5) is 0. The maximum atomic E-state index is 2.59. The average molecular weight is 246 g/mol. The zero-order valence-electron chi connectivity index (χ0n) is 14.0. The molecule has 0 radical (unpaired) electrons. The number of fused-ring (bicyclic) bond motifs is 2. The molecule has 2 saturated carbocycles. The van der Waals surface area contributed by atoms with E-state index in [0.29, 0.717) is 21.5 Å². The fourth-order valence-corrected chi connectivity index (χ4v) is 4.60. The van der Waals surface area contributed by atoms with Gasteiger partial charge in [0.1, 0.15) is 0 Å². The molecule has 0 spiro atoms. The van der Waals surface area contributed by atoms with Crippen LogP contribution in [-0.2, 0) is 0 Å². The van der Waals surface area contributed by atoms with E-state index in [1.54, 1.807) is 0 Å². The molecule has 2 aliphatic rings. The standard InChI is InChI=1S/C16H32B2/c1-13(2,3)16(17,18)10-12-9-11-7-8-15(12,6)14(11,4)5/h11-12H,7-10,17-18H2,1-6H3. The quantitative estimate of drug-likeness (QED) is 0.656. The smallest absolute Gasteiger partial charge is 0.0796 e. The molecule has 0 N–H and O–H groups in total. The fraction of sp³-hybridized carbons (Fsp3) is 1.00. The van der Waals surface area contributed by atoms with Gasteiger partial charge in [-0.3, -0.25) is 0 Å². The first kappa shape index (κ1) is 14.5. The second kappa shape index (κ2) is 3.83. The van der Waals surface area contributed by atoms with E-state index in [1.807, 2.05) is 0 Å². The van der Waals surface area contributed by atoms with Crippen molar-refractivity contribution in [1.29, 1.82) is 0 Å². The van der Waals surface area contributed by atoms with E-state index in [-0.39, 0.29) is 0 Å². The summed E-state index contributed by atoms with van der Waals surface area (Å²) in [7, 11) is 4.96. The molecule has 0 aliphatic heterocycles. The van der Waals surface area contributed by atoms with Crippen LogP contribution in [0.3, 0.4) is 0 Å². The van der Waals surface area contributed by atoms with Gasteiger partial charge >= 0.3 is 0 Å². The fourth-order valence-electron chi connectivity index (χ4n) is 4.60. The molecule has 2 aliphatic carbocycles.